The van der Waals surface area contributed by atoms with Gasteiger partial charge in [-0.1, -0.05) is 28.1 Å². The first-order chi connectivity index (χ1) is 16.3. The highest BCUT2D eigenvalue weighted by Gasteiger charge is 2.39. The standard InChI is InChI=1S/C26H25Br2N3O3/c1-3-33-22-12-16(11-19(28)25(22)34-14-15-7-9-17(27)10-8-15)23-18(13-29)26(30)31(2)20-5-4-6-21(32)24(20)23/h7-12,23H,3-6,14,30H2,1-2H3/t23-/m0/s1. The van der Waals surface area contributed by atoms with Crippen molar-refractivity contribution in [3.8, 4) is 17.6 Å². The molecular weight excluding hydrogens is 562 g/mol. The van der Waals surface area contributed by atoms with E-state index < -0.39 is 5.92 Å². The van der Waals surface area contributed by atoms with Crippen molar-refractivity contribution >= 4 is 37.6 Å². The van der Waals surface area contributed by atoms with Gasteiger partial charge in [-0.3, -0.25) is 4.79 Å². The van der Waals surface area contributed by atoms with Crippen molar-refractivity contribution in [3.63, 3.8) is 0 Å². The minimum Gasteiger partial charge on any atom is -0.490 e. The van der Waals surface area contributed by atoms with Crippen LogP contribution in [0, 0.1) is 11.3 Å². The first-order valence-electron chi connectivity index (χ1n) is 11.1. The number of nitriles is 1. The molecule has 0 spiro atoms. The average Bonchev–Trinajstić information content (AvgIpc) is 2.82. The monoisotopic (exact) mass is 585 g/mol. The number of allylic oxidation sites excluding steroid dienone is 3. The molecule has 2 N–H and O–H groups in total. The molecule has 2 aromatic carbocycles. The van der Waals surface area contributed by atoms with E-state index in [2.05, 4.69) is 37.9 Å². The van der Waals surface area contributed by atoms with E-state index in [1.807, 2.05) is 50.4 Å². The van der Waals surface area contributed by atoms with Crippen molar-refractivity contribution in [2.24, 2.45) is 5.73 Å². The largest absolute Gasteiger partial charge is 0.490 e. The predicted octanol–water partition coefficient (Wildman–Crippen LogP) is 5.92. The molecular formula is C26H25Br2N3O3. The smallest absolute Gasteiger partial charge is 0.175 e. The number of rotatable bonds is 6. The van der Waals surface area contributed by atoms with Crippen LogP contribution in [0.1, 0.15) is 43.2 Å². The van der Waals surface area contributed by atoms with Gasteiger partial charge in [0.1, 0.15) is 12.4 Å². The van der Waals surface area contributed by atoms with Gasteiger partial charge in [0.25, 0.3) is 0 Å². The zero-order valence-corrected chi connectivity index (χ0v) is 22.2. The maximum Gasteiger partial charge on any atom is 0.175 e. The van der Waals surface area contributed by atoms with Crippen LogP contribution in [-0.4, -0.2) is 24.3 Å². The molecule has 0 fully saturated rings. The lowest BCUT2D eigenvalue weighted by molar-refractivity contribution is -0.116. The number of ether oxygens (including phenoxy) is 2. The summed E-state index contributed by atoms with van der Waals surface area (Å²) in [6.45, 7) is 2.70. The van der Waals surface area contributed by atoms with Gasteiger partial charge in [0.15, 0.2) is 17.3 Å². The highest BCUT2D eigenvalue weighted by atomic mass is 79.9. The second-order valence-electron chi connectivity index (χ2n) is 8.22. The van der Waals surface area contributed by atoms with E-state index in [-0.39, 0.29) is 5.78 Å². The summed E-state index contributed by atoms with van der Waals surface area (Å²) in [5, 5.41) is 9.99. The lowest BCUT2D eigenvalue weighted by atomic mass is 9.76. The van der Waals surface area contributed by atoms with Crippen LogP contribution in [0.3, 0.4) is 0 Å². The number of carbonyl (C=O) groups excluding carboxylic acids is 1. The van der Waals surface area contributed by atoms with Gasteiger partial charge in [-0.15, -0.1) is 0 Å². The van der Waals surface area contributed by atoms with Gasteiger partial charge >= 0.3 is 0 Å². The number of halogens is 2. The van der Waals surface area contributed by atoms with E-state index in [9.17, 15) is 10.1 Å². The van der Waals surface area contributed by atoms with Gasteiger partial charge < -0.3 is 20.1 Å². The number of hydrogen-bond donors (Lipinski definition) is 1. The van der Waals surface area contributed by atoms with Crippen molar-refractivity contribution < 1.29 is 14.3 Å². The summed E-state index contributed by atoms with van der Waals surface area (Å²) < 4.78 is 13.8. The van der Waals surface area contributed by atoms with Crippen LogP contribution in [0.25, 0.3) is 0 Å². The summed E-state index contributed by atoms with van der Waals surface area (Å²) in [7, 11) is 1.82. The maximum atomic E-state index is 13.0. The van der Waals surface area contributed by atoms with Crippen molar-refractivity contribution in [2.45, 2.75) is 38.7 Å². The van der Waals surface area contributed by atoms with Crippen molar-refractivity contribution in [1.29, 1.82) is 5.26 Å². The molecule has 0 saturated carbocycles. The molecule has 0 unspecified atom stereocenters. The highest BCUT2D eigenvalue weighted by Crippen LogP contribution is 2.47. The number of hydrogen-bond acceptors (Lipinski definition) is 6. The lowest BCUT2D eigenvalue weighted by Crippen LogP contribution is -2.36. The first-order valence-corrected chi connectivity index (χ1v) is 12.7. The first kappa shape index (κ1) is 24.4. The van der Waals surface area contributed by atoms with Crippen molar-refractivity contribution in [3.05, 3.63) is 79.1 Å². The molecule has 8 heteroatoms. The van der Waals surface area contributed by atoms with Crippen LogP contribution in [-0.2, 0) is 11.4 Å². The van der Waals surface area contributed by atoms with E-state index in [4.69, 9.17) is 15.2 Å². The van der Waals surface area contributed by atoms with E-state index >= 15 is 0 Å². The molecule has 1 heterocycles. The van der Waals surface area contributed by atoms with Crippen LogP contribution in [0.4, 0.5) is 0 Å². The summed E-state index contributed by atoms with van der Waals surface area (Å²) in [6.07, 6.45) is 2.00. The molecule has 2 aromatic rings. The summed E-state index contributed by atoms with van der Waals surface area (Å²) in [4.78, 5) is 14.8. The molecule has 0 bridgehead atoms. The second kappa shape index (κ2) is 10.2. The Bertz CT molecular complexity index is 1230. The fourth-order valence-electron chi connectivity index (χ4n) is 4.49. The molecule has 1 aliphatic heterocycles. The Morgan fingerprint density at radius 3 is 2.59 bits per heavy atom. The number of benzene rings is 2. The zero-order valence-electron chi connectivity index (χ0n) is 19.0. The van der Waals surface area contributed by atoms with Crippen LogP contribution in [0.2, 0.25) is 0 Å². The molecule has 176 valence electrons. The van der Waals surface area contributed by atoms with E-state index in [0.717, 1.165) is 34.1 Å². The zero-order chi connectivity index (χ0) is 24.4. The molecule has 0 aromatic heterocycles. The third kappa shape index (κ3) is 4.59. The summed E-state index contributed by atoms with van der Waals surface area (Å²) >= 11 is 7.08. The van der Waals surface area contributed by atoms with Gasteiger partial charge in [0, 0.05) is 29.2 Å². The minimum absolute atomic E-state index is 0.0583. The Hall–Kier alpha value is -2.76. The molecule has 34 heavy (non-hydrogen) atoms. The van der Waals surface area contributed by atoms with E-state index in [0.29, 0.717) is 52.6 Å². The number of nitrogens with two attached hydrogens (primary N) is 1. The summed E-state index contributed by atoms with van der Waals surface area (Å²) in [6, 6.07) is 13.9. The highest BCUT2D eigenvalue weighted by molar-refractivity contribution is 9.10. The minimum atomic E-state index is -0.542. The normalized spacial score (nSPS) is 18.0. The fourth-order valence-corrected chi connectivity index (χ4v) is 5.33. The SMILES string of the molecule is CCOc1cc([C@H]2C(C#N)=C(N)N(C)C3=C2C(=O)CCC3)cc(Br)c1OCc1ccc(Br)cc1. The van der Waals surface area contributed by atoms with Crippen molar-refractivity contribution in [1.82, 2.24) is 4.90 Å². The number of ketones is 1. The summed E-state index contributed by atoms with van der Waals surface area (Å²) in [5.74, 6) is 1.01. The molecule has 2 aliphatic rings. The Balaban J connectivity index is 1.77. The predicted molar refractivity (Wildman–Crippen MR) is 137 cm³/mol. The third-order valence-corrected chi connectivity index (χ3v) is 7.25. The fraction of sp³-hybridized carbons (Fsp3) is 0.308. The second-order valence-corrected chi connectivity index (χ2v) is 9.99. The molecule has 0 radical (unpaired) electrons. The molecule has 1 aliphatic carbocycles. The molecule has 0 amide bonds. The van der Waals surface area contributed by atoms with Gasteiger partial charge in [-0.2, -0.15) is 5.26 Å². The van der Waals surface area contributed by atoms with Crippen LogP contribution in [0.15, 0.2) is 68.0 Å². The Morgan fingerprint density at radius 2 is 1.91 bits per heavy atom. The molecule has 6 nitrogen and oxygen atoms in total. The van der Waals surface area contributed by atoms with Crippen LogP contribution in [0.5, 0.6) is 11.5 Å². The number of Topliss-reactive ketones (excluding diaryl/α,β-unsaturated/α-hetero) is 1. The molecule has 0 saturated heterocycles. The number of nitrogens with zero attached hydrogens (tertiary/aromatic N) is 2. The van der Waals surface area contributed by atoms with E-state index in [1.165, 1.54) is 0 Å². The van der Waals surface area contributed by atoms with Crippen LogP contribution >= 0.6 is 31.9 Å². The van der Waals surface area contributed by atoms with Gasteiger partial charge in [0.05, 0.1) is 28.6 Å². The Kier molecular flexibility index (Phi) is 7.34. The van der Waals surface area contributed by atoms with Gasteiger partial charge in [-0.25, -0.2) is 0 Å². The Morgan fingerprint density at radius 1 is 1.18 bits per heavy atom. The average molecular weight is 587 g/mol. The topological polar surface area (TPSA) is 88.6 Å². The summed E-state index contributed by atoms with van der Waals surface area (Å²) in [5.41, 5.74) is 10.1. The maximum absolute atomic E-state index is 13.0. The third-order valence-electron chi connectivity index (χ3n) is 6.13. The van der Waals surface area contributed by atoms with Crippen LogP contribution < -0.4 is 15.2 Å². The Labute approximate surface area is 216 Å². The quantitative estimate of drug-likeness (QED) is 0.452. The lowest BCUT2D eigenvalue weighted by Gasteiger charge is -2.37. The number of carbonyl (C=O) groups is 1. The van der Waals surface area contributed by atoms with Crippen molar-refractivity contribution in [2.75, 3.05) is 13.7 Å². The molecule has 4 rings (SSSR count). The van der Waals surface area contributed by atoms with E-state index in [1.54, 1.807) is 4.90 Å². The molecule has 1 atom stereocenters. The van der Waals surface area contributed by atoms with Gasteiger partial charge in [-0.05, 0) is 71.1 Å². The van der Waals surface area contributed by atoms with Gasteiger partial charge in [0.2, 0.25) is 0 Å².